The Kier molecular flexibility index (Phi) is 7.50. The Morgan fingerprint density at radius 3 is 2.74 bits per heavy atom. The highest BCUT2D eigenvalue weighted by Crippen LogP contribution is 2.18. The van der Waals surface area contributed by atoms with Crippen LogP contribution in [0.3, 0.4) is 0 Å². The van der Waals surface area contributed by atoms with Crippen molar-refractivity contribution in [3.63, 3.8) is 0 Å². The normalized spacial score (nSPS) is 16.4. The fraction of sp³-hybridized carbons (Fsp3) is 0.458. The predicted octanol–water partition coefficient (Wildman–Crippen LogP) is 0.942. The predicted molar refractivity (Wildman–Crippen MR) is 127 cm³/mol. The second kappa shape index (κ2) is 10.5. The van der Waals surface area contributed by atoms with Gasteiger partial charge in [-0.1, -0.05) is 26.0 Å². The molecule has 2 aliphatic heterocycles. The number of esters is 1. The first-order valence-corrected chi connectivity index (χ1v) is 11.5. The maximum absolute atomic E-state index is 13.0. The Morgan fingerprint density at radius 1 is 1.24 bits per heavy atom. The van der Waals surface area contributed by atoms with Gasteiger partial charge in [0.2, 0.25) is 0 Å². The van der Waals surface area contributed by atoms with Gasteiger partial charge in [0.1, 0.15) is 18.5 Å². The van der Waals surface area contributed by atoms with E-state index in [0.717, 1.165) is 24.5 Å². The zero-order valence-corrected chi connectivity index (χ0v) is 19.7. The fourth-order valence-electron chi connectivity index (χ4n) is 4.22. The molecule has 3 heterocycles. The quantitative estimate of drug-likeness (QED) is 0.458. The number of carbonyl (C=O) groups excluding carboxylic acids is 2. The highest BCUT2D eigenvalue weighted by Gasteiger charge is 2.32. The number of anilines is 1. The van der Waals surface area contributed by atoms with E-state index in [4.69, 9.17) is 14.1 Å². The molecule has 0 aliphatic carbocycles. The molecule has 0 spiro atoms. The average Bonchev–Trinajstić information content (AvgIpc) is 3.23. The molecule has 0 bridgehead atoms. The van der Waals surface area contributed by atoms with Gasteiger partial charge in [-0.3, -0.25) is 4.79 Å². The van der Waals surface area contributed by atoms with Crippen molar-refractivity contribution in [2.24, 2.45) is 5.92 Å². The summed E-state index contributed by atoms with van der Waals surface area (Å²) in [5, 5.41) is 12.9. The molecule has 1 amide bonds. The maximum atomic E-state index is 13.0. The van der Waals surface area contributed by atoms with Crippen LogP contribution in [0, 0.1) is 12.8 Å². The standard InChI is InChI=1S/C24H30BN3O6/c1-15(2)22(27-23(29)19-8-7-17-13-34-25(31)21(17)16(19)3)24(30)33-14-18-5-4-6-20(26-18)28-9-11-32-12-10-28/h4-8,15,22,31H,9-14H2,1-3H3,(H,27,29). The summed E-state index contributed by atoms with van der Waals surface area (Å²) in [6.07, 6.45) is 0. The summed E-state index contributed by atoms with van der Waals surface area (Å²) >= 11 is 0. The highest BCUT2D eigenvalue weighted by molar-refractivity contribution is 6.62. The number of hydrogen-bond donors (Lipinski definition) is 2. The summed E-state index contributed by atoms with van der Waals surface area (Å²) in [6, 6.07) is 8.25. The lowest BCUT2D eigenvalue weighted by Crippen LogP contribution is -2.46. The van der Waals surface area contributed by atoms with E-state index >= 15 is 0 Å². The van der Waals surface area contributed by atoms with Gasteiger partial charge in [-0.15, -0.1) is 0 Å². The van der Waals surface area contributed by atoms with E-state index in [1.165, 1.54) is 0 Å². The van der Waals surface area contributed by atoms with Crippen LogP contribution in [0.5, 0.6) is 0 Å². The van der Waals surface area contributed by atoms with E-state index in [1.807, 2.05) is 32.0 Å². The third-order valence-corrected chi connectivity index (χ3v) is 6.19. The molecule has 2 aromatic rings. The molecular formula is C24H30BN3O6. The van der Waals surface area contributed by atoms with E-state index in [9.17, 15) is 14.6 Å². The first kappa shape index (κ1) is 24.2. The molecule has 4 rings (SSSR count). The molecule has 9 nitrogen and oxygen atoms in total. The first-order valence-electron chi connectivity index (χ1n) is 11.5. The number of rotatable bonds is 7. The van der Waals surface area contributed by atoms with E-state index in [2.05, 4.69) is 15.2 Å². The van der Waals surface area contributed by atoms with Crippen molar-refractivity contribution in [3.05, 3.63) is 52.7 Å². The number of benzene rings is 1. The van der Waals surface area contributed by atoms with Gasteiger partial charge in [0.05, 0.1) is 25.5 Å². The monoisotopic (exact) mass is 467 g/mol. The molecule has 180 valence electrons. The second-order valence-electron chi connectivity index (χ2n) is 8.86. The van der Waals surface area contributed by atoms with Crippen LogP contribution in [0.15, 0.2) is 30.3 Å². The van der Waals surface area contributed by atoms with E-state index in [0.29, 0.717) is 42.1 Å². The maximum Gasteiger partial charge on any atom is 0.492 e. The number of ether oxygens (including phenoxy) is 2. The minimum absolute atomic E-state index is 0.0114. The molecule has 1 aromatic carbocycles. The smallest absolute Gasteiger partial charge is 0.458 e. The van der Waals surface area contributed by atoms with Crippen molar-refractivity contribution in [3.8, 4) is 0 Å². The summed E-state index contributed by atoms with van der Waals surface area (Å²) < 4.78 is 16.2. The van der Waals surface area contributed by atoms with Crippen LogP contribution in [0.2, 0.25) is 0 Å². The number of fused-ring (bicyclic) bond motifs is 1. The largest absolute Gasteiger partial charge is 0.492 e. The number of nitrogens with zero attached hydrogens (tertiary/aromatic N) is 2. The number of morpholine rings is 1. The van der Waals surface area contributed by atoms with Crippen molar-refractivity contribution < 1.29 is 28.7 Å². The van der Waals surface area contributed by atoms with Crippen molar-refractivity contribution in [1.29, 1.82) is 0 Å². The Labute approximate surface area is 199 Å². The molecule has 1 unspecified atom stereocenters. The molecule has 34 heavy (non-hydrogen) atoms. The van der Waals surface area contributed by atoms with Gasteiger partial charge in [0, 0.05) is 18.7 Å². The van der Waals surface area contributed by atoms with Crippen LogP contribution in [0.1, 0.15) is 41.0 Å². The van der Waals surface area contributed by atoms with E-state index in [1.54, 1.807) is 19.1 Å². The summed E-state index contributed by atoms with van der Waals surface area (Å²) in [7, 11) is -1.05. The average molecular weight is 467 g/mol. The number of aromatic nitrogens is 1. The Morgan fingerprint density at radius 2 is 2.00 bits per heavy atom. The molecule has 0 saturated carbocycles. The molecule has 2 aliphatic rings. The summed E-state index contributed by atoms with van der Waals surface area (Å²) in [5.74, 6) is -0.289. The lowest BCUT2D eigenvalue weighted by molar-refractivity contribution is -0.148. The number of amides is 1. The molecule has 1 aromatic heterocycles. The van der Waals surface area contributed by atoms with Crippen LogP contribution >= 0.6 is 0 Å². The minimum Gasteiger partial charge on any atom is -0.458 e. The molecule has 1 saturated heterocycles. The van der Waals surface area contributed by atoms with Crippen molar-refractivity contribution in [1.82, 2.24) is 10.3 Å². The molecular weight excluding hydrogens is 437 g/mol. The summed E-state index contributed by atoms with van der Waals surface area (Å²) in [6.45, 7) is 8.62. The minimum atomic E-state index is -1.05. The molecule has 1 fully saturated rings. The second-order valence-corrected chi connectivity index (χ2v) is 8.86. The number of pyridine rings is 1. The summed E-state index contributed by atoms with van der Waals surface area (Å²) in [5.41, 5.74) is 3.13. The van der Waals surface area contributed by atoms with Crippen LogP contribution < -0.4 is 15.7 Å². The number of carbonyl (C=O) groups is 2. The number of nitrogens with one attached hydrogen (secondary N) is 1. The Hall–Kier alpha value is -2.95. The zero-order valence-electron chi connectivity index (χ0n) is 19.7. The fourth-order valence-corrected chi connectivity index (χ4v) is 4.22. The van der Waals surface area contributed by atoms with Crippen LogP contribution in [-0.4, -0.2) is 61.3 Å². The zero-order chi connectivity index (χ0) is 24.2. The third kappa shape index (κ3) is 5.24. The first-order chi connectivity index (χ1) is 16.3. The van der Waals surface area contributed by atoms with Crippen molar-refractivity contribution in [2.75, 3.05) is 31.2 Å². The highest BCUT2D eigenvalue weighted by atomic mass is 16.5. The topological polar surface area (TPSA) is 110 Å². The van der Waals surface area contributed by atoms with Crippen molar-refractivity contribution in [2.45, 2.75) is 40.0 Å². The van der Waals surface area contributed by atoms with E-state index < -0.39 is 25.0 Å². The van der Waals surface area contributed by atoms with Gasteiger partial charge >= 0.3 is 13.1 Å². The van der Waals surface area contributed by atoms with Crippen LogP contribution in [0.25, 0.3) is 0 Å². The number of hydrogen-bond acceptors (Lipinski definition) is 8. The van der Waals surface area contributed by atoms with Gasteiger partial charge in [-0.25, -0.2) is 9.78 Å². The van der Waals surface area contributed by atoms with Crippen LogP contribution in [0.4, 0.5) is 5.82 Å². The van der Waals surface area contributed by atoms with Gasteiger partial charge in [0.25, 0.3) is 5.91 Å². The van der Waals surface area contributed by atoms with Gasteiger partial charge in [0.15, 0.2) is 0 Å². The SMILES string of the molecule is Cc1c(C(=O)NC(C(=O)OCc2cccc(N3CCOCC3)n2)C(C)C)ccc2c1B(O)OC2. The van der Waals surface area contributed by atoms with Crippen LogP contribution in [-0.2, 0) is 32.1 Å². The molecule has 0 radical (unpaired) electrons. The third-order valence-electron chi connectivity index (χ3n) is 6.19. The molecule has 10 heteroatoms. The Balaban J connectivity index is 1.41. The van der Waals surface area contributed by atoms with Crippen molar-refractivity contribution >= 4 is 30.3 Å². The lowest BCUT2D eigenvalue weighted by atomic mass is 9.75. The van der Waals surface area contributed by atoms with E-state index in [-0.39, 0.29) is 12.5 Å². The lowest BCUT2D eigenvalue weighted by Gasteiger charge is -2.28. The van der Waals surface area contributed by atoms with Gasteiger partial charge in [-0.2, -0.15) is 0 Å². The Bertz CT molecular complexity index is 1060. The molecule has 1 atom stereocenters. The molecule has 2 N–H and O–H groups in total. The summed E-state index contributed by atoms with van der Waals surface area (Å²) in [4.78, 5) is 32.6. The van der Waals surface area contributed by atoms with Gasteiger partial charge in [-0.05, 0) is 47.6 Å². The van der Waals surface area contributed by atoms with Gasteiger partial charge < -0.3 is 29.4 Å².